The van der Waals surface area contributed by atoms with Crippen LogP contribution in [0, 0.1) is 5.92 Å². The van der Waals surface area contributed by atoms with Gasteiger partial charge in [0.05, 0.1) is 10.7 Å². The molecule has 0 aliphatic rings. The summed E-state index contributed by atoms with van der Waals surface area (Å²) in [5, 5.41) is 8.91. The maximum Gasteiger partial charge on any atom is 0.314 e. The lowest BCUT2D eigenvalue weighted by Crippen LogP contribution is -2.20. The summed E-state index contributed by atoms with van der Waals surface area (Å²) in [6.45, 7) is 1.33. The average molecular weight is 228 g/mol. The molecule has 0 radical (unpaired) electrons. The van der Waals surface area contributed by atoms with E-state index in [-0.39, 0.29) is 10.6 Å². The number of carboxylic acids is 1. The fourth-order valence-electron chi connectivity index (χ4n) is 1.04. The topological polar surface area (TPSA) is 80.4 Å². The quantitative estimate of drug-likeness (QED) is 0.469. The van der Waals surface area contributed by atoms with Crippen molar-refractivity contribution in [3.05, 3.63) is 28.8 Å². The van der Waals surface area contributed by atoms with Gasteiger partial charge in [-0.25, -0.2) is 0 Å². The average Bonchev–Trinajstić information content (AvgIpc) is 2.19. The number of nitrogens with two attached hydrogens (primary N) is 1. The number of carboxylic acid groups (broad SMARTS) is 1. The van der Waals surface area contributed by atoms with Gasteiger partial charge >= 0.3 is 5.97 Å². The first kappa shape index (κ1) is 11.5. The predicted octanol–water partition coefficient (Wildman–Crippen LogP) is 1.83. The smallest absolute Gasteiger partial charge is 0.314 e. The molecule has 0 amide bonds. The number of Topliss-reactive ketones (excluding diaryl/α,β-unsaturated/α-hetero) is 1. The van der Waals surface area contributed by atoms with Crippen LogP contribution in [0.3, 0.4) is 0 Å². The number of benzene rings is 1. The molecule has 1 aromatic rings. The maximum absolute atomic E-state index is 11.6. The first-order valence-electron chi connectivity index (χ1n) is 4.25. The molecule has 1 atom stereocenters. The summed E-state index contributed by atoms with van der Waals surface area (Å²) in [5.41, 5.74) is 6.08. The van der Waals surface area contributed by atoms with Crippen LogP contribution in [0.15, 0.2) is 18.2 Å². The lowest BCUT2D eigenvalue weighted by Gasteiger charge is -2.06. The summed E-state index contributed by atoms with van der Waals surface area (Å²) in [6, 6.07) is 4.31. The van der Waals surface area contributed by atoms with Crippen LogP contribution in [0.1, 0.15) is 17.3 Å². The van der Waals surface area contributed by atoms with Crippen molar-refractivity contribution in [1.29, 1.82) is 0 Å². The number of halogens is 1. The van der Waals surface area contributed by atoms with Gasteiger partial charge in [-0.15, -0.1) is 0 Å². The van der Waals surface area contributed by atoms with Gasteiger partial charge < -0.3 is 10.8 Å². The van der Waals surface area contributed by atoms with E-state index in [1.807, 2.05) is 0 Å². The molecule has 5 heteroatoms. The van der Waals surface area contributed by atoms with E-state index in [2.05, 4.69) is 0 Å². The SMILES string of the molecule is CC(C(=O)O)C(=O)c1ccc(N)c(Cl)c1. The highest BCUT2D eigenvalue weighted by atomic mass is 35.5. The normalized spacial score (nSPS) is 12.1. The molecule has 1 aromatic carbocycles. The number of rotatable bonds is 3. The summed E-state index contributed by atoms with van der Waals surface area (Å²) in [4.78, 5) is 22.2. The first-order valence-corrected chi connectivity index (χ1v) is 4.63. The third kappa shape index (κ3) is 2.47. The molecular formula is C10H10ClNO3. The van der Waals surface area contributed by atoms with E-state index in [4.69, 9.17) is 22.4 Å². The Morgan fingerprint density at radius 3 is 2.53 bits per heavy atom. The van der Waals surface area contributed by atoms with Crippen LogP contribution in [-0.4, -0.2) is 16.9 Å². The minimum atomic E-state index is -1.16. The zero-order valence-corrected chi connectivity index (χ0v) is 8.78. The molecular weight excluding hydrogens is 218 g/mol. The zero-order chi connectivity index (χ0) is 11.6. The van der Waals surface area contributed by atoms with Gasteiger partial charge in [0, 0.05) is 5.56 Å². The van der Waals surface area contributed by atoms with E-state index in [9.17, 15) is 9.59 Å². The molecule has 0 aliphatic heterocycles. The van der Waals surface area contributed by atoms with Crippen molar-refractivity contribution in [2.75, 3.05) is 5.73 Å². The Kier molecular flexibility index (Phi) is 3.31. The van der Waals surface area contributed by atoms with Crippen LogP contribution in [0.4, 0.5) is 5.69 Å². The highest BCUT2D eigenvalue weighted by molar-refractivity contribution is 6.33. The number of anilines is 1. The summed E-state index contributed by atoms with van der Waals surface area (Å²) >= 11 is 5.72. The van der Waals surface area contributed by atoms with Crippen molar-refractivity contribution >= 4 is 29.0 Å². The van der Waals surface area contributed by atoms with Gasteiger partial charge in [0.2, 0.25) is 0 Å². The molecule has 4 nitrogen and oxygen atoms in total. The number of carbonyl (C=O) groups excluding carboxylic acids is 1. The minimum Gasteiger partial charge on any atom is -0.481 e. The van der Waals surface area contributed by atoms with Crippen LogP contribution < -0.4 is 5.73 Å². The van der Waals surface area contributed by atoms with Gasteiger partial charge in [0.15, 0.2) is 5.78 Å². The van der Waals surface area contributed by atoms with Crippen molar-refractivity contribution in [2.45, 2.75) is 6.92 Å². The lowest BCUT2D eigenvalue weighted by molar-refractivity contribution is -0.139. The Bertz CT molecular complexity index is 417. The number of hydrogen-bond acceptors (Lipinski definition) is 3. The van der Waals surface area contributed by atoms with Gasteiger partial charge in [0.25, 0.3) is 0 Å². The Hall–Kier alpha value is -1.55. The summed E-state index contributed by atoms with van der Waals surface area (Å²) in [7, 11) is 0. The van der Waals surface area contributed by atoms with E-state index in [0.717, 1.165) is 0 Å². The van der Waals surface area contributed by atoms with Gasteiger partial charge in [-0.05, 0) is 25.1 Å². The highest BCUT2D eigenvalue weighted by Crippen LogP contribution is 2.21. The van der Waals surface area contributed by atoms with Crippen LogP contribution in [0.25, 0.3) is 0 Å². The molecule has 15 heavy (non-hydrogen) atoms. The molecule has 0 saturated carbocycles. The van der Waals surface area contributed by atoms with Crippen molar-refractivity contribution in [3.63, 3.8) is 0 Å². The van der Waals surface area contributed by atoms with Crippen molar-refractivity contribution in [2.24, 2.45) is 5.92 Å². The molecule has 0 aromatic heterocycles. The van der Waals surface area contributed by atoms with Crippen LogP contribution in [0.5, 0.6) is 0 Å². The number of hydrogen-bond donors (Lipinski definition) is 2. The second kappa shape index (κ2) is 4.31. The van der Waals surface area contributed by atoms with Gasteiger partial charge in [0.1, 0.15) is 5.92 Å². The molecule has 0 spiro atoms. The fraction of sp³-hybridized carbons (Fsp3) is 0.200. The third-order valence-electron chi connectivity index (χ3n) is 2.05. The molecule has 0 saturated heterocycles. The lowest BCUT2D eigenvalue weighted by atomic mass is 9.99. The van der Waals surface area contributed by atoms with Crippen LogP contribution in [-0.2, 0) is 4.79 Å². The molecule has 0 fully saturated rings. The first-order chi connectivity index (χ1) is 6.93. The van der Waals surface area contributed by atoms with Crippen LogP contribution >= 0.6 is 11.6 Å². The monoisotopic (exact) mass is 227 g/mol. The minimum absolute atomic E-state index is 0.249. The Morgan fingerprint density at radius 1 is 1.47 bits per heavy atom. The number of nitrogen functional groups attached to an aromatic ring is 1. The molecule has 1 rings (SSSR count). The molecule has 0 aliphatic carbocycles. The second-order valence-electron chi connectivity index (χ2n) is 3.16. The Balaban J connectivity index is 3.02. The van der Waals surface area contributed by atoms with Gasteiger partial charge in [-0.2, -0.15) is 0 Å². The van der Waals surface area contributed by atoms with E-state index in [1.165, 1.54) is 25.1 Å². The molecule has 80 valence electrons. The largest absolute Gasteiger partial charge is 0.481 e. The number of aliphatic carboxylic acids is 1. The van der Waals surface area contributed by atoms with E-state index >= 15 is 0 Å². The molecule has 0 heterocycles. The standard InChI is InChI=1S/C10H10ClNO3/c1-5(10(14)15)9(13)6-2-3-8(12)7(11)4-6/h2-5H,12H2,1H3,(H,14,15). The van der Waals surface area contributed by atoms with E-state index < -0.39 is 17.7 Å². The van der Waals surface area contributed by atoms with Crippen molar-refractivity contribution in [3.8, 4) is 0 Å². The Morgan fingerprint density at radius 2 is 2.07 bits per heavy atom. The molecule has 3 N–H and O–H groups in total. The predicted molar refractivity (Wildman–Crippen MR) is 57.0 cm³/mol. The van der Waals surface area contributed by atoms with Gasteiger partial charge in [-0.1, -0.05) is 11.6 Å². The molecule has 1 unspecified atom stereocenters. The van der Waals surface area contributed by atoms with Gasteiger partial charge in [-0.3, -0.25) is 9.59 Å². The zero-order valence-electron chi connectivity index (χ0n) is 8.03. The maximum atomic E-state index is 11.6. The number of carbonyl (C=O) groups is 2. The highest BCUT2D eigenvalue weighted by Gasteiger charge is 2.22. The number of ketones is 1. The second-order valence-corrected chi connectivity index (χ2v) is 3.57. The summed E-state index contributed by atoms with van der Waals surface area (Å²) in [5.74, 6) is -2.72. The molecule has 0 bridgehead atoms. The van der Waals surface area contributed by atoms with Crippen molar-refractivity contribution < 1.29 is 14.7 Å². The Labute approximate surface area is 91.7 Å². The summed E-state index contributed by atoms with van der Waals surface area (Å²) < 4.78 is 0. The van der Waals surface area contributed by atoms with Crippen LogP contribution in [0.2, 0.25) is 5.02 Å². The third-order valence-corrected chi connectivity index (χ3v) is 2.38. The fourth-order valence-corrected chi connectivity index (χ4v) is 1.22. The summed E-state index contributed by atoms with van der Waals surface area (Å²) in [6.07, 6.45) is 0. The van der Waals surface area contributed by atoms with E-state index in [1.54, 1.807) is 0 Å². The van der Waals surface area contributed by atoms with Crippen molar-refractivity contribution in [1.82, 2.24) is 0 Å². The van der Waals surface area contributed by atoms with E-state index in [0.29, 0.717) is 5.69 Å².